The molecule has 5 nitrogen and oxygen atoms in total. The summed E-state index contributed by atoms with van der Waals surface area (Å²) in [5.41, 5.74) is 0. The first-order chi connectivity index (χ1) is 7.11. The van der Waals surface area contributed by atoms with E-state index in [1.165, 1.54) is 0 Å². The Hall–Kier alpha value is -1.10. The number of carboxylic acids is 1. The van der Waals surface area contributed by atoms with Gasteiger partial charge in [-0.3, -0.25) is 9.59 Å². The van der Waals surface area contributed by atoms with E-state index in [4.69, 9.17) is 5.11 Å². The second-order valence-corrected chi connectivity index (χ2v) is 3.34. The third-order valence-corrected chi connectivity index (χ3v) is 1.98. The molecule has 0 radical (unpaired) electrons. The summed E-state index contributed by atoms with van der Waals surface area (Å²) in [6.07, 6.45) is 1.48. The molecule has 0 aliphatic rings. The second kappa shape index (κ2) is 8.23. The van der Waals surface area contributed by atoms with Gasteiger partial charge in [0.1, 0.15) is 6.04 Å². The number of carbonyl (C=O) groups excluding carboxylic acids is 1. The van der Waals surface area contributed by atoms with Gasteiger partial charge in [0.25, 0.3) is 0 Å². The standard InChI is InChI=1S/C10H20N2O3/c1-3-7-12-9(13)6-5-8(10(14)15)11-4-2/h8,11H,3-7H2,1-2H3,(H,12,13)(H,14,15)/t8-/m0/s1. The van der Waals surface area contributed by atoms with Gasteiger partial charge < -0.3 is 15.7 Å². The Morgan fingerprint density at radius 1 is 1.33 bits per heavy atom. The first-order valence-electron chi connectivity index (χ1n) is 5.34. The van der Waals surface area contributed by atoms with Crippen molar-refractivity contribution in [2.75, 3.05) is 13.1 Å². The molecular weight excluding hydrogens is 196 g/mol. The predicted octanol–water partition coefficient (Wildman–Crippen LogP) is 0.355. The van der Waals surface area contributed by atoms with Gasteiger partial charge >= 0.3 is 5.97 Å². The van der Waals surface area contributed by atoms with Gasteiger partial charge in [0.05, 0.1) is 0 Å². The van der Waals surface area contributed by atoms with Crippen molar-refractivity contribution < 1.29 is 14.7 Å². The lowest BCUT2D eigenvalue weighted by molar-refractivity contribution is -0.139. The first kappa shape index (κ1) is 13.9. The zero-order valence-corrected chi connectivity index (χ0v) is 9.38. The normalized spacial score (nSPS) is 12.1. The Bertz CT molecular complexity index is 207. The summed E-state index contributed by atoms with van der Waals surface area (Å²) < 4.78 is 0. The summed E-state index contributed by atoms with van der Waals surface area (Å²) in [6.45, 7) is 5.05. The van der Waals surface area contributed by atoms with E-state index in [-0.39, 0.29) is 12.3 Å². The third kappa shape index (κ3) is 6.90. The summed E-state index contributed by atoms with van der Waals surface area (Å²) in [5.74, 6) is -0.985. The van der Waals surface area contributed by atoms with Crippen LogP contribution in [0.5, 0.6) is 0 Å². The number of carbonyl (C=O) groups is 2. The molecule has 0 heterocycles. The molecule has 0 aromatic carbocycles. The van der Waals surface area contributed by atoms with Crippen molar-refractivity contribution in [1.82, 2.24) is 10.6 Å². The molecule has 1 amide bonds. The number of rotatable bonds is 8. The van der Waals surface area contributed by atoms with E-state index in [2.05, 4.69) is 10.6 Å². The van der Waals surface area contributed by atoms with Crippen LogP contribution in [0, 0.1) is 0 Å². The molecule has 0 saturated carbocycles. The van der Waals surface area contributed by atoms with Crippen LogP contribution in [0.1, 0.15) is 33.1 Å². The lowest BCUT2D eigenvalue weighted by Crippen LogP contribution is -2.37. The Labute approximate surface area is 90.2 Å². The molecule has 0 aliphatic carbocycles. The van der Waals surface area contributed by atoms with Crippen LogP contribution in [0.15, 0.2) is 0 Å². The molecule has 0 spiro atoms. The Morgan fingerprint density at radius 3 is 2.47 bits per heavy atom. The monoisotopic (exact) mass is 216 g/mol. The van der Waals surface area contributed by atoms with Gasteiger partial charge in [-0.15, -0.1) is 0 Å². The van der Waals surface area contributed by atoms with Crippen LogP contribution in [0.4, 0.5) is 0 Å². The average molecular weight is 216 g/mol. The van der Waals surface area contributed by atoms with Crippen LogP contribution in [-0.4, -0.2) is 36.1 Å². The van der Waals surface area contributed by atoms with Crippen LogP contribution in [0.25, 0.3) is 0 Å². The number of hydrogen-bond donors (Lipinski definition) is 3. The smallest absolute Gasteiger partial charge is 0.320 e. The minimum absolute atomic E-state index is 0.0824. The molecule has 3 N–H and O–H groups in total. The van der Waals surface area contributed by atoms with Crippen LogP contribution >= 0.6 is 0 Å². The predicted molar refractivity (Wildman–Crippen MR) is 57.6 cm³/mol. The number of hydrogen-bond acceptors (Lipinski definition) is 3. The molecule has 0 aromatic rings. The molecule has 0 bridgehead atoms. The molecule has 0 rings (SSSR count). The topological polar surface area (TPSA) is 78.4 Å². The highest BCUT2D eigenvalue weighted by molar-refractivity contribution is 5.78. The number of likely N-dealkylation sites (N-methyl/N-ethyl adjacent to an activating group) is 1. The van der Waals surface area contributed by atoms with Crippen molar-refractivity contribution >= 4 is 11.9 Å². The van der Waals surface area contributed by atoms with Crippen molar-refractivity contribution in [1.29, 1.82) is 0 Å². The van der Waals surface area contributed by atoms with Crippen LogP contribution in [0.2, 0.25) is 0 Å². The zero-order chi connectivity index (χ0) is 11.7. The molecule has 0 aromatic heterocycles. The highest BCUT2D eigenvalue weighted by Gasteiger charge is 2.16. The minimum Gasteiger partial charge on any atom is -0.480 e. The maximum Gasteiger partial charge on any atom is 0.320 e. The van der Waals surface area contributed by atoms with Gasteiger partial charge in [0, 0.05) is 13.0 Å². The van der Waals surface area contributed by atoms with Gasteiger partial charge in [0.2, 0.25) is 5.91 Å². The van der Waals surface area contributed by atoms with Crippen LogP contribution in [-0.2, 0) is 9.59 Å². The van der Waals surface area contributed by atoms with Gasteiger partial charge in [-0.2, -0.15) is 0 Å². The molecule has 5 heteroatoms. The maximum absolute atomic E-state index is 11.2. The fourth-order valence-electron chi connectivity index (χ4n) is 1.19. The van der Waals surface area contributed by atoms with Crippen molar-refractivity contribution in [2.45, 2.75) is 39.2 Å². The summed E-state index contributed by atoms with van der Waals surface area (Å²) in [4.78, 5) is 21.9. The van der Waals surface area contributed by atoms with Gasteiger partial charge in [0.15, 0.2) is 0 Å². The molecule has 88 valence electrons. The number of nitrogens with one attached hydrogen (secondary N) is 2. The summed E-state index contributed by atoms with van der Waals surface area (Å²) in [5, 5.41) is 14.3. The molecule has 15 heavy (non-hydrogen) atoms. The van der Waals surface area contributed by atoms with Gasteiger partial charge in [-0.25, -0.2) is 0 Å². The van der Waals surface area contributed by atoms with Crippen LogP contribution in [0.3, 0.4) is 0 Å². The molecule has 0 saturated heterocycles. The third-order valence-electron chi connectivity index (χ3n) is 1.98. The van der Waals surface area contributed by atoms with E-state index >= 15 is 0 Å². The lowest BCUT2D eigenvalue weighted by Gasteiger charge is -2.12. The number of carboxylic acid groups (broad SMARTS) is 1. The SMILES string of the molecule is CCCNC(=O)CC[C@H](NCC)C(=O)O. The van der Waals surface area contributed by atoms with Crippen molar-refractivity contribution in [3.8, 4) is 0 Å². The van der Waals surface area contributed by atoms with E-state index < -0.39 is 12.0 Å². The quantitative estimate of drug-likeness (QED) is 0.547. The van der Waals surface area contributed by atoms with E-state index in [0.717, 1.165) is 6.42 Å². The van der Waals surface area contributed by atoms with E-state index in [1.807, 2.05) is 13.8 Å². The van der Waals surface area contributed by atoms with Gasteiger partial charge in [-0.1, -0.05) is 13.8 Å². The van der Waals surface area contributed by atoms with E-state index in [1.54, 1.807) is 0 Å². The summed E-state index contributed by atoms with van der Waals surface area (Å²) in [6, 6.07) is -0.623. The highest BCUT2D eigenvalue weighted by atomic mass is 16.4. The largest absolute Gasteiger partial charge is 0.480 e. The molecule has 0 fully saturated rings. The molecular formula is C10H20N2O3. The van der Waals surface area contributed by atoms with Crippen molar-refractivity contribution in [3.63, 3.8) is 0 Å². The fourth-order valence-corrected chi connectivity index (χ4v) is 1.19. The number of aliphatic carboxylic acids is 1. The fraction of sp³-hybridized carbons (Fsp3) is 0.800. The highest BCUT2D eigenvalue weighted by Crippen LogP contribution is 1.97. The maximum atomic E-state index is 11.2. The van der Waals surface area contributed by atoms with Crippen molar-refractivity contribution in [2.24, 2.45) is 0 Å². The molecule has 0 aliphatic heterocycles. The van der Waals surface area contributed by atoms with E-state index in [9.17, 15) is 9.59 Å². The summed E-state index contributed by atoms with van der Waals surface area (Å²) >= 11 is 0. The Balaban J connectivity index is 3.78. The average Bonchev–Trinajstić information content (AvgIpc) is 2.20. The van der Waals surface area contributed by atoms with Crippen molar-refractivity contribution in [3.05, 3.63) is 0 Å². The number of amides is 1. The minimum atomic E-state index is -0.903. The van der Waals surface area contributed by atoms with E-state index in [0.29, 0.717) is 19.5 Å². The lowest BCUT2D eigenvalue weighted by atomic mass is 10.1. The Morgan fingerprint density at radius 2 is 2.00 bits per heavy atom. The Kier molecular flexibility index (Phi) is 7.62. The first-order valence-corrected chi connectivity index (χ1v) is 5.34. The van der Waals surface area contributed by atoms with Gasteiger partial charge in [-0.05, 0) is 19.4 Å². The summed E-state index contributed by atoms with van der Waals surface area (Å²) in [7, 11) is 0. The second-order valence-electron chi connectivity index (χ2n) is 3.34. The molecule has 1 atom stereocenters. The van der Waals surface area contributed by atoms with Crippen LogP contribution < -0.4 is 10.6 Å². The zero-order valence-electron chi connectivity index (χ0n) is 9.38. The molecule has 0 unspecified atom stereocenters.